The zero-order valence-electron chi connectivity index (χ0n) is 12.2. The van der Waals surface area contributed by atoms with Crippen LogP contribution in [-0.4, -0.2) is 26.2 Å². The molecule has 5 heteroatoms. The predicted molar refractivity (Wildman–Crippen MR) is 92.3 cm³/mol. The Morgan fingerprint density at radius 2 is 1.68 bits per heavy atom. The first-order valence-electron chi connectivity index (χ1n) is 7.35. The Morgan fingerprint density at radius 3 is 2.36 bits per heavy atom. The summed E-state index contributed by atoms with van der Waals surface area (Å²) in [6.07, 6.45) is 0. The molecule has 0 spiro atoms. The molecule has 0 amide bonds. The number of halogens is 2. The van der Waals surface area contributed by atoms with Crippen LogP contribution in [0.15, 0.2) is 42.5 Å². The lowest BCUT2D eigenvalue weighted by Crippen LogP contribution is -2.43. The van der Waals surface area contributed by atoms with Gasteiger partial charge < -0.3 is 15.0 Å². The number of hydrogen-bond donors (Lipinski definition) is 1. The van der Waals surface area contributed by atoms with E-state index in [1.807, 2.05) is 24.3 Å². The number of nitrogens with zero attached hydrogens (tertiary/aromatic N) is 1. The van der Waals surface area contributed by atoms with Crippen LogP contribution < -0.4 is 15.0 Å². The van der Waals surface area contributed by atoms with Gasteiger partial charge in [-0.2, -0.15) is 0 Å². The van der Waals surface area contributed by atoms with Gasteiger partial charge in [0, 0.05) is 31.9 Å². The number of anilines is 1. The van der Waals surface area contributed by atoms with Crippen molar-refractivity contribution in [2.75, 3.05) is 31.1 Å². The minimum absolute atomic E-state index is 0.476. The summed E-state index contributed by atoms with van der Waals surface area (Å²) in [6, 6.07) is 13.8. The monoisotopic (exact) mass is 336 g/mol. The summed E-state index contributed by atoms with van der Waals surface area (Å²) < 4.78 is 5.80. The maximum absolute atomic E-state index is 6.00. The van der Waals surface area contributed by atoms with E-state index >= 15 is 0 Å². The van der Waals surface area contributed by atoms with Crippen molar-refractivity contribution in [3.8, 4) is 5.75 Å². The lowest BCUT2D eigenvalue weighted by molar-refractivity contribution is 0.306. The topological polar surface area (TPSA) is 24.5 Å². The SMILES string of the molecule is Clc1ccc(COc2ccc(N3CCNCC3)cc2)cc1Cl. The Bertz CT molecular complexity index is 625. The molecule has 0 aliphatic carbocycles. The molecule has 0 saturated carbocycles. The maximum Gasteiger partial charge on any atom is 0.119 e. The number of piperazine rings is 1. The Morgan fingerprint density at radius 1 is 0.955 bits per heavy atom. The Labute approximate surface area is 140 Å². The molecule has 0 aromatic heterocycles. The van der Waals surface area contributed by atoms with Gasteiger partial charge >= 0.3 is 0 Å². The van der Waals surface area contributed by atoms with Crippen LogP contribution in [-0.2, 0) is 6.61 Å². The van der Waals surface area contributed by atoms with Crippen molar-refractivity contribution in [3.05, 3.63) is 58.1 Å². The average Bonchev–Trinajstić information content (AvgIpc) is 2.57. The van der Waals surface area contributed by atoms with Crippen LogP contribution in [0.1, 0.15) is 5.56 Å². The van der Waals surface area contributed by atoms with E-state index in [4.69, 9.17) is 27.9 Å². The third-order valence-electron chi connectivity index (χ3n) is 3.71. The van der Waals surface area contributed by atoms with Crippen LogP contribution in [0.4, 0.5) is 5.69 Å². The molecule has 2 aromatic rings. The molecule has 3 nitrogen and oxygen atoms in total. The van der Waals surface area contributed by atoms with E-state index in [0.29, 0.717) is 16.7 Å². The van der Waals surface area contributed by atoms with Crippen LogP contribution in [0.25, 0.3) is 0 Å². The molecule has 0 radical (unpaired) electrons. The normalized spacial score (nSPS) is 14.9. The van der Waals surface area contributed by atoms with Crippen molar-refractivity contribution in [2.24, 2.45) is 0 Å². The summed E-state index contributed by atoms with van der Waals surface area (Å²) in [4.78, 5) is 2.37. The lowest BCUT2D eigenvalue weighted by atomic mass is 10.2. The molecule has 116 valence electrons. The molecule has 0 atom stereocenters. The molecular formula is C17H18Cl2N2O. The molecular weight excluding hydrogens is 319 g/mol. The first-order chi connectivity index (χ1) is 10.7. The lowest BCUT2D eigenvalue weighted by Gasteiger charge is -2.29. The van der Waals surface area contributed by atoms with Gasteiger partial charge in [-0.3, -0.25) is 0 Å². The molecule has 1 aliphatic rings. The standard InChI is InChI=1S/C17H18Cl2N2O/c18-16-6-1-13(11-17(16)19)12-22-15-4-2-14(3-5-15)21-9-7-20-8-10-21/h1-6,11,20H,7-10,12H2. The maximum atomic E-state index is 6.00. The van der Waals surface area contributed by atoms with Crippen LogP contribution in [0.3, 0.4) is 0 Å². The molecule has 1 aliphatic heterocycles. The summed E-state index contributed by atoms with van der Waals surface area (Å²) >= 11 is 11.9. The largest absolute Gasteiger partial charge is 0.489 e. The zero-order valence-corrected chi connectivity index (χ0v) is 13.7. The van der Waals surface area contributed by atoms with E-state index < -0.39 is 0 Å². The molecule has 1 N–H and O–H groups in total. The van der Waals surface area contributed by atoms with Gasteiger partial charge in [-0.1, -0.05) is 29.3 Å². The second kappa shape index (κ2) is 7.23. The van der Waals surface area contributed by atoms with E-state index in [-0.39, 0.29) is 0 Å². The number of nitrogens with one attached hydrogen (secondary N) is 1. The van der Waals surface area contributed by atoms with Crippen molar-refractivity contribution >= 4 is 28.9 Å². The van der Waals surface area contributed by atoms with Gasteiger partial charge in [0.05, 0.1) is 10.0 Å². The highest BCUT2D eigenvalue weighted by molar-refractivity contribution is 6.42. The van der Waals surface area contributed by atoms with Crippen LogP contribution >= 0.6 is 23.2 Å². The van der Waals surface area contributed by atoms with Crippen molar-refractivity contribution in [1.29, 1.82) is 0 Å². The highest BCUT2D eigenvalue weighted by Gasteiger charge is 2.10. The van der Waals surface area contributed by atoms with Gasteiger partial charge in [-0.15, -0.1) is 0 Å². The Kier molecular flexibility index (Phi) is 5.08. The van der Waals surface area contributed by atoms with E-state index in [2.05, 4.69) is 22.3 Å². The number of rotatable bonds is 4. The van der Waals surface area contributed by atoms with Gasteiger partial charge in [0.25, 0.3) is 0 Å². The Hall–Kier alpha value is -1.42. The van der Waals surface area contributed by atoms with Crippen LogP contribution in [0.5, 0.6) is 5.75 Å². The number of hydrogen-bond acceptors (Lipinski definition) is 3. The summed E-state index contributed by atoms with van der Waals surface area (Å²) in [5, 5.41) is 4.47. The summed E-state index contributed by atoms with van der Waals surface area (Å²) in [5.74, 6) is 0.852. The molecule has 0 bridgehead atoms. The fourth-order valence-corrected chi connectivity index (χ4v) is 2.79. The third-order valence-corrected chi connectivity index (χ3v) is 4.45. The van der Waals surface area contributed by atoms with Crippen molar-refractivity contribution in [2.45, 2.75) is 6.61 Å². The predicted octanol–water partition coefficient (Wildman–Crippen LogP) is 3.98. The second-order valence-electron chi connectivity index (χ2n) is 5.27. The minimum Gasteiger partial charge on any atom is -0.489 e. The van der Waals surface area contributed by atoms with Crippen molar-refractivity contribution < 1.29 is 4.74 Å². The fraction of sp³-hybridized carbons (Fsp3) is 0.294. The molecule has 0 unspecified atom stereocenters. The van der Waals surface area contributed by atoms with E-state index in [1.165, 1.54) is 5.69 Å². The van der Waals surface area contributed by atoms with Gasteiger partial charge in [0.1, 0.15) is 12.4 Å². The highest BCUT2D eigenvalue weighted by atomic mass is 35.5. The molecule has 2 aromatic carbocycles. The third kappa shape index (κ3) is 3.86. The number of ether oxygens (including phenoxy) is 1. The van der Waals surface area contributed by atoms with Gasteiger partial charge in [-0.05, 0) is 42.0 Å². The van der Waals surface area contributed by atoms with Crippen LogP contribution in [0.2, 0.25) is 10.0 Å². The minimum atomic E-state index is 0.476. The van der Waals surface area contributed by atoms with Crippen LogP contribution in [0, 0.1) is 0 Å². The number of benzene rings is 2. The van der Waals surface area contributed by atoms with Gasteiger partial charge in [0.2, 0.25) is 0 Å². The van der Waals surface area contributed by atoms with E-state index in [0.717, 1.165) is 37.5 Å². The van der Waals surface area contributed by atoms with Crippen molar-refractivity contribution in [3.63, 3.8) is 0 Å². The highest BCUT2D eigenvalue weighted by Crippen LogP contribution is 2.24. The second-order valence-corrected chi connectivity index (χ2v) is 6.08. The molecule has 1 saturated heterocycles. The fourth-order valence-electron chi connectivity index (χ4n) is 2.47. The van der Waals surface area contributed by atoms with E-state index in [1.54, 1.807) is 6.07 Å². The zero-order chi connectivity index (χ0) is 15.4. The first-order valence-corrected chi connectivity index (χ1v) is 8.10. The average molecular weight is 337 g/mol. The van der Waals surface area contributed by atoms with Crippen molar-refractivity contribution in [1.82, 2.24) is 5.32 Å². The first kappa shape index (κ1) is 15.5. The molecule has 1 heterocycles. The molecule has 3 rings (SSSR count). The van der Waals surface area contributed by atoms with E-state index in [9.17, 15) is 0 Å². The molecule has 22 heavy (non-hydrogen) atoms. The quantitative estimate of drug-likeness (QED) is 0.913. The van der Waals surface area contributed by atoms with Gasteiger partial charge in [-0.25, -0.2) is 0 Å². The smallest absolute Gasteiger partial charge is 0.119 e. The summed E-state index contributed by atoms with van der Waals surface area (Å²) in [7, 11) is 0. The Balaban J connectivity index is 1.59. The summed E-state index contributed by atoms with van der Waals surface area (Å²) in [6.45, 7) is 4.64. The van der Waals surface area contributed by atoms with Gasteiger partial charge in [0.15, 0.2) is 0 Å². The summed E-state index contributed by atoms with van der Waals surface area (Å²) in [5.41, 5.74) is 2.24. The molecule has 1 fully saturated rings.